The van der Waals surface area contributed by atoms with Crippen molar-refractivity contribution in [3.63, 3.8) is 0 Å². The summed E-state index contributed by atoms with van der Waals surface area (Å²) in [6.07, 6.45) is 0. The van der Waals surface area contributed by atoms with E-state index in [1.54, 1.807) is 17.8 Å². The summed E-state index contributed by atoms with van der Waals surface area (Å²) in [6, 6.07) is 11.2. The van der Waals surface area contributed by atoms with Gasteiger partial charge in [-0.25, -0.2) is 9.37 Å². The summed E-state index contributed by atoms with van der Waals surface area (Å²) < 4.78 is 13.4. The monoisotopic (exact) mass is 301 g/mol. The molecule has 0 spiro atoms. The number of hydrogen-bond acceptors (Lipinski definition) is 3. The van der Waals surface area contributed by atoms with Gasteiger partial charge in [0.05, 0.1) is 11.0 Å². The molecule has 1 heterocycles. The molecule has 0 amide bonds. The van der Waals surface area contributed by atoms with Gasteiger partial charge in [-0.05, 0) is 36.2 Å². The topological polar surface area (TPSA) is 54.7 Å². The lowest BCUT2D eigenvalue weighted by molar-refractivity contribution is 0.610. The molecule has 3 aromatic rings. The van der Waals surface area contributed by atoms with E-state index in [4.69, 9.17) is 5.73 Å². The number of imidazole rings is 1. The van der Waals surface area contributed by atoms with Crippen molar-refractivity contribution in [1.82, 2.24) is 9.97 Å². The lowest BCUT2D eigenvalue weighted by Crippen LogP contribution is -2.00. The Labute approximate surface area is 126 Å². The molecule has 108 valence electrons. The average Bonchev–Trinajstić information content (AvgIpc) is 2.88. The van der Waals surface area contributed by atoms with Crippen LogP contribution in [0.25, 0.3) is 11.0 Å². The van der Waals surface area contributed by atoms with Crippen molar-refractivity contribution >= 4 is 22.8 Å². The number of rotatable bonds is 4. The first-order valence-electron chi connectivity index (χ1n) is 6.72. The molecule has 0 aliphatic carbocycles. The van der Waals surface area contributed by atoms with Gasteiger partial charge in [-0.2, -0.15) is 0 Å². The van der Waals surface area contributed by atoms with Crippen LogP contribution >= 0.6 is 11.8 Å². The van der Waals surface area contributed by atoms with Gasteiger partial charge >= 0.3 is 0 Å². The molecule has 0 aliphatic heterocycles. The predicted molar refractivity (Wildman–Crippen MR) is 84.7 cm³/mol. The van der Waals surface area contributed by atoms with Crippen molar-refractivity contribution in [1.29, 1.82) is 0 Å². The number of nitrogens with zero attached hydrogens (tertiary/aromatic N) is 1. The molecule has 0 atom stereocenters. The van der Waals surface area contributed by atoms with Gasteiger partial charge in [0.2, 0.25) is 0 Å². The number of thioether (sulfide) groups is 1. The molecule has 21 heavy (non-hydrogen) atoms. The zero-order valence-electron chi connectivity index (χ0n) is 11.7. The molecule has 3 rings (SSSR count). The highest BCUT2D eigenvalue weighted by molar-refractivity contribution is 7.98. The van der Waals surface area contributed by atoms with Crippen molar-refractivity contribution in [2.24, 2.45) is 5.73 Å². The summed E-state index contributed by atoms with van der Waals surface area (Å²) in [6.45, 7) is 2.27. The first-order chi connectivity index (χ1) is 10.2. The van der Waals surface area contributed by atoms with E-state index in [0.29, 0.717) is 5.56 Å². The molecule has 0 saturated carbocycles. The normalized spacial score (nSPS) is 11.2. The first kappa shape index (κ1) is 14.1. The minimum atomic E-state index is -0.245. The molecule has 0 radical (unpaired) electrons. The van der Waals surface area contributed by atoms with E-state index in [1.807, 2.05) is 18.2 Å². The van der Waals surface area contributed by atoms with Gasteiger partial charge in [-0.3, -0.25) is 0 Å². The van der Waals surface area contributed by atoms with Crippen molar-refractivity contribution in [2.75, 3.05) is 0 Å². The van der Waals surface area contributed by atoms with E-state index in [9.17, 15) is 4.39 Å². The third-order valence-corrected chi connectivity index (χ3v) is 4.27. The number of H-pyrrole nitrogens is 1. The summed E-state index contributed by atoms with van der Waals surface area (Å²) in [7, 11) is 0. The van der Waals surface area contributed by atoms with E-state index in [0.717, 1.165) is 27.5 Å². The van der Waals surface area contributed by atoms with Gasteiger partial charge in [0.25, 0.3) is 0 Å². The summed E-state index contributed by atoms with van der Waals surface area (Å²) >= 11 is 1.60. The lowest BCUT2D eigenvalue weighted by Gasteiger charge is -2.03. The number of aromatic amines is 1. The Morgan fingerprint density at radius 2 is 2.10 bits per heavy atom. The quantitative estimate of drug-likeness (QED) is 0.721. The zero-order valence-corrected chi connectivity index (χ0v) is 12.5. The van der Waals surface area contributed by atoms with Crippen LogP contribution in [0.15, 0.2) is 41.6 Å². The second kappa shape index (κ2) is 5.87. The van der Waals surface area contributed by atoms with E-state index in [2.05, 4.69) is 23.0 Å². The van der Waals surface area contributed by atoms with Crippen LogP contribution in [0.4, 0.5) is 4.39 Å². The van der Waals surface area contributed by atoms with Crippen molar-refractivity contribution in [3.05, 3.63) is 58.9 Å². The minimum absolute atomic E-state index is 0.217. The van der Waals surface area contributed by atoms with Crippen molar-refractivity contribution in [2.45, 2.75) is 24.4 Å². The number of fused-ring (bicyclic) bond motifs is 1. The van der Waals surface area contributed by atoms with E-state index in [-0.39, 0.29) is 12.4 Å². The molecule has 0 bridgehead atoms. The second-order valence-corrected chi connectivity index (χ2v) is 5.95. The highest BCUT2D eigenvalue weighted by atomic mass is 32.2. The minimum Gasteiger partial charge on any atom is -0.333 e. The summed E-state index contributed by atoms with van der Waals surface area (Å²) in [5, 5.41) is 0.870. The van der Waals surface area contributed by atoms with Crippen LogP contribution in [-0.4, -0.2) is 9.97 Å². The molecular weight excluding hydrogens is 285 g/mol. The van der Waals surface area contributed by atoms with Crippen LogP contribution in [0.5, 0.6) is 0 Å². The van der Waals surface area contributed by atoms with Gasteiger partial charge in [-0.15, -0.1) is 0 Å². The van der Waals surface area contributed by atoms with Gasteiger partial charge in [-0.1, -0.05) is 30.0 Å². The molecule has 0 fully saturated rings. The van der Waals surface area contributed by atoms with Crippen LogP contribution in [0.2, 0.25) is 0 Å². The molecule has 3 nitrogen and oxygen atoms in total. The van der Waals surface area contributed by atoms with E-state index in [1.165, 1.54) is 11.6 Å². The number of halogens is 1. The highest BCUT2D eigenvalue weighted by Crippen LogP contribution is 2.24. The molecule has 2 aromatic carbocycles. The van der Waals surface area contributed by atoms with Gasteiger partial charge in [0.1, 0.15) is 5.82 Å². The average molecular weight is 301 g/mol. The molecular formula is C16H16FN3S. The summed E-state index contributed by atoms with van der Waals surface area (Å²) in [5.41, 5.74) is 10.3. The Morgan fingerprint density at radius 3 is 2.90 bits per heavy atom. The lowest BCUT2D eigenvalue weighted by atomic mass is 10.1. The largest absolute Gasteiger partial charge is 0.333 e. The van der Waals surface area contributed by atoms with E-state index < -0.39 is 0 Å². The number of benzene rings is 2. The number of aryl methyl sites for hydroxylation is 1. The Bertz CT molecular complexity index is 782. The Balaban J connectivity index is 1.76. The Morgan fingerprint density at radius 1 is 1.24 bits per heavy atom. The van der Waals surface area contributed by atoms with Gasteiger partial charge in [0, 0.05) is 17.9 Å². The maximum Gasteiger partial charge on any atom is 0.166 e. The zero-order chi connectivity index (χ0) is 14.8. The fourth-order valence-corrected chi connectivity index (χ4v) is 3.02. The standard InChI is InChI=1S/C16H16FN3S/c1-10-2-5-14-15(6-10)20-16(19-14)21-9-11-3-4-13(17)12(7-11)8-18/h2-7H,8-9,18H2,1H3,(H,19,20). The first-order valence-corrected chi connectivity index (χ1v) is 7.71. The second-order valence-electron chi connectivity index (χ2n) is 4.98. The number of hydrogen-bond donors (Lipinski definition) is 2. The smallest absolute Gasteiger partial charge is 0.166 e. The van der Waals surface area contributed by atoms with Crippen molar-refractivity contribution in [3.8, 4) is 0 Å². The predicted octanol–water partition coefficient (Wildman–Crippen LogP) is 3.76. The molecule has 0 saturated heterocycles. The fraction of sp³-hybridized carbons (Fsp3) is 0.188. The third-order valence-electron chi connectivity index (χ3n) is 3.32. The van der Waals surface area contributed by atoms with Crippen LogP contribution in [0.3, 0.4) is 0 Å². The van der Waals surface area contributed by atoms with Crippen LogP contribution in [-0.2, 0) is 12.3 Å². The van der Waals surface area contributed by atoms with Crippen molar-refractivity contribution < 1.29 is 4.39 Å². The molecule has 5 heteroatoms. The van der Waals surface area contributed by atoms with E-state index >= 15 is 0 Å². The Kier molecular flexibility index (Phi) is 3.94. The molecule has 0 aliphatic rings. The fourth-order valence-electron chi connectivity index (χ4n) is 2.19. The molecule has 3 N–H and O–H groups in total. The Hall–Kier alpha value is -1.85. The number of nitrogens with two attached hydrogens (primary N) is 1. The third kappa shape index (κ3) is 3.09. The number of nitrogens with one attached hydrogen (secondary N) is 1. The highest BCUT2D eigenvalue weighted by Gasteiger charge is 2.06. The van der Waals surface area contributed by atoms with Crippen LogP contribution < -0.4 is 5.73 Å². The SMILES string of the molecule is Cc1ccc2nc(SCc3ccc(F)c(CN)c3)[nH]c2c1. The van der Waals surface area contributed by atoms with Crippen LogP contribution in [0, 0.1) is 12.7 Å². The molecule has 1 aromatic heterocycles. The maximum absolute atomic E-state index is 13.4. The number of aromatic nitrogens is 2. The summed E-state index contributed by atoms with van der Waals surface area (Å²) in [4.78, 5) is 7.84. The maximum atomic E-state index is 13.4. The molecule has 0 unspecified atom stereocenters. The summed E-state index contributed by atoms with van der Waals surface area (Å²) in [5.74, 6) is 0.483. The van der Waals surface area contributed by atoms with Crippen LogP contribution in [0.1, 0.15) is 16.7 Å². The van der Waals surface area contributed by atoms with Gasteiger partial charge < -0.3 is 10.7 Å². The van der Waals surface area contributed by atoms with Gasteiger partial charge in [0.15, 0.2) is 5.16 Å².